The number of nitrogens with one attached hydrogen (secondary N) is 1. The highest BCUT2D eigenvalue weighted by Gasteiger charge is 2.39. The molecule has 1 amide bonds. The molecule has 2 saturated heterocycles. The Morgan fingerprint density at radius 1 is 1.05 bits per heavy atom. The second-order valence-electron chi connectivity index (χ2n) is 11.1. The Kier molecular flexibility index (Phi) is 6.65. The lowest BCUT2D eigenvalue weighted by Gasteiger charge is -2.33. The zero-order valence-electron chi connectivity index (χ0n) is 21.9. The summed E-state index contributed by atoms with van der Waals surface area (Å²) >= 11 is 0. The van der Waals surface area contributed by atoms with Gasteiger partial charge >= 0.3 is 6.18 Å². The van der Waals surface area contributed by atoms with E-state index in [-0.39, 0.29) is 29.4 Å². The third-order valence-corrected chi connectivity index (χ3v) is 8.26. The number of carbonyl (C=O) groups is 1. The molecular formula is C28H33F3N6O2. The number of hydrogen-bond donors (Lipinski definition) is 2. The summed E-state index contributed by atoms with van der Waals surface area (Å²) in [6.45, 7) is 2.51. The Balaban J connectivity index is 1.23. The molecule has 11 heteroatoms. The van der Waals surface area contributed by atoms with Crippen LogP contribution in [0.3, 0.4) is 0 Å². The first kappa shape index (κ1) is 25.9. The van der Waals surface area contributed by atoms with Gasteiger partial charge < -0.3 is 25.3 Å². The lowest BCUT2D eigenvalue weighted by molar-refractivity contribution is -0.138. The average molecular weight is 543 g/mol. The van der Waals surface area contributed by atoms with Crippen LogP contribution in [0.15, 0.2) is 24.4 Å². The molecular weight excluding hydrogens is 509 g/mol. The summed E-state index contributed by atoms with van der Waals surface area (Å²) in [7, 11) is 2.06. The number of imidazole rings is 1. The monoisotopic (exact) mass is 542 g/mol. The van der Waals surface area contributed by atoms with E-state index in [0.717, 1.165) is 45.0 Å². The van der Waals surface area contributed by atoms with E-state index < -0.39 is 11.7 Å². The number of halogens is 3. The molecule has 3 fully saturated rings. The Labute approximate surface area is 224 Å². The minimum absolute atomic E-state index is 0.170. The van der Waals surface area contributed by atoms with Crippen LogP contribution in [-0.4, -0.2) is 70.0 Å². The standard InChI is InChI=1S/C28H33F3N6O2/c1-36-10-6-17(7-11-36)25-34-24-23(21(28(29,30)31)15-33-26(24)35-25)16-8-12-37(13-9-16)27(38)20-5-4-19(14-22(20)32)39-18-2-3-18/h4-5,14-18H,2-3,6-13,32H2,1H3,(H,33,34,35). The maximum Gasteiger partial charge on any atom is 0.418 e. The molecule has 3 N–H and O–H groups in total. The first-order valence-corrected chi connectivity index (χ1v) is 13.7. The van der Waals surface area contributed by atoms with Gasteiger partial charge in [-0.15, -0.1) is 0 Å². The van der Waals surface area contributed by atoms with E-state index in [2.05, 4.69) is 26.9 Å². The lowest BCUT2D eigenvalue weighted by atomic mass is 9.86. The number of nitrogens with two attached hydrogens (primary N) is 1. The maximum absolute atomic E-state index is 14.2. The number of piperidine rings is 2. The summed E-state index contributed by atoms with van der Waals surface area (Å²) in [4.78, 5) is 29.1. The molecule has 1 aromatic carbocycles. The molecule has 0 bridgehead atoms. The van der Waals surface area contributed by atoms with Crippen molar-refractivity contribution in [2.24, 2.45) is 0 Å². The summed E-state index contributed by atoms with van der Waals surface area (Å²) in [6, 6.07) is 5.09. The van der Waals surface area contributed by atoms with Crippen molar-refractivity contribution >= 4 is 22.8 Å². The average Bonchev–Trinajstić information content (AvgIpc) is 3.62. The second kappa shape index (κ2) is 10.0. The fourth-order valence-corrected chi connectivity index (χ4v) is 5.85. The van der Waals surface area contributed by atoms with Crippen molar-refractivity contribution in [2.45, 2.75) is 62.6 Å². The van der Waals surface area contributed by atoms with Gasteiger partial charge in [-0.3, -0.25) is 4.79 Å². The van der Waals surface area contributed by atoms with E-state index in [1.165, 1.54) is 0 Å². The molecule has 208 valence electrons. The number of amides is 1. The van der Waals surface area contributed by atoms with Gasteiger partial charge in [0.05, 0.1) is 22.7 Å². The predicted molar refractivity (Wildman–Crippen MR) is 141 cm³/mol. The Morgan fingerprint density at radius 2 is 1.74 bits per heavy atom. The highest BCUT2D eigenvalue weighted by Crippen LogP contribution is 2.42. The van der Waals surface area contributed by atoms with Gasteiger partial charge in [-0.05, 0) is 82.3 Å². The van der Waals surface area contributed by atoms with Crippen LogP contribution in [0.5, 0.6) is 5.75 Å². The van der Waals surface area contributed by atoms with Gasteiger partial charge in [0, 0.05) is 37.0 Å². The second-order valence-corrected chi connectivity index (χ2v) is 11.1. The molecule has 2 aromatic heterocycles. The number of rotatable bonds is 5. The fraction of sp³-hybridized carbons (Fsp3) is 0.536. The summed E-state index contributed by atoms with van der Waals surface area (Å²) in [5.74, 6) is 0.928. The SMILES string of the molecule is CN1CCC(c2nc3ncc(C(F)(F)F)c(C4CCN(C(=O)c5ccc(OC6CC6)cc5N)CC4)c3[nH]2)CC1. The molecule has 6 rings (SSSR count). The number of fused-ring (bicyclic) bond motifs is 1. The number of alkyl halides is 3. The van der Waals surface area contributed by atoms with Crippen molar-refractivity contribution in [3.05, 3.63) is 46.9 Å². The van der Waals surface area contributed by atoms with Crippen LogP contribution >= 0.6 is 0 Å². The van der Waals surface area contributed by atoms with Crippen molar-refractivity contribution in [2.75, 3.05) is 39.0 Å². The smallest absolute Gasteiger partial charge is 0.418 e. The van der Waals surface area contributed by atoms with Crippen molar-refractivity contribution in [1.29, 1.82) is 0 Å². The number of carbonyl (C=O) groups excluding carboxylic acids is 1. The third-order valence-electron chi connectivity index (χ3n) is 8.26. The highest BCUT2D eigenvalue weighted by atomic mass is 19.4. The Morgan fingerprint density at radius 3 is 2.38 bits per heavy atom. The quantitative estimate of drug-likeness (QED) is 0.444. The highest BCUT2D eigenvalue weighted by molar-refractivity contribution is 5.99. The number of H-pyrrole nitrogens is 1. The van der Waals surface area contributed by atoms with Gasteiger partial charge in [0.15, 0.2) is 5.65 Å². The van der Waals surface area contributed by atoms with E-state index >= 15 is 0 Å². The zero-order chi connectivity index (χ0) is 27.3. The van der Waals surface area contributed by atoms with Crippen molar-refractivity contribution in [3.8, 4) is 5.75 Å². The summed E-state index contributed by atoms with van der Waals surface area (Å²) in [5.41, 5.74) is 7.09. The van der Waals surface area contributed by atoms with E-state index in [4.69, 9.17) is 10.5 Å². The van der Waals surface area contributed by atoms with E-state index in [0.29, 0.717) is 59.9 Å². The first-order chi connectivity index (χ1) is 18.7. The third kappa shape index (κ3) is 5.28. The van der Waals surface area contributed by atoms with Crippen molar-refractivity contribution < 1.29 is 22.7 Å². The van der Waals surface area contributed by atoms with Crippen molar-refractivity contribution in [3.63, 3.8) is 0 Å². The van der Waals surface area contributed by atoms with E-state index in [1.54, 1.807) is 23.1 Å². The number of pyridine rings is 1. The minimum Gasteiger partial charge on any atom is -0.490 e. The van der Waals surface area contributed by atoms with Gasteiger partial charge in [-0.1, -0.05) is 0 Å². The molecule has 4 heterocycles. The van der Waals surface area contributed by atoms with Gasteiger partial charge in [-0.2, -0.15) is 13.2 Å². The number of nitrogens with zero attached hydrogens (tertiary/aromatic N) is 4. The minimum atomic E-state index is -4.54. The normalized spacial score (nSPS) is 20.1. The number of ether oxygens (including phenoxy) is 1. The number of aromatic nitrogens is 3. The number of nitrogen functional groups attached to an aromatic ring is 1. The molecule has 3 aromatic rings. The van der Waals surface area contributed by atoms with Gasteiger partial charge in [0.25, 0.3) is 5.91 Å². The number of hydrogen-bond acceptors (Lipinski definition) is 6. The number of benzene rings is 1. The van der Waals surface area contributed by atoms with Crippen LogP contribution in [0.2, 0.25) is 0 Å². The van der Waals surface area contributed by atoms with Crippen LogP contribution in [0.25, 0.3) is 11.2 Å². The predicted octanol–water partition coefficient (Wildman–Crippen LogP) is 4.93. The van der Waals surface area contributed by atoms with E-state index in [1.807, 2.05) is 0 Å². The zero-order valence-corrected chi connectivity index (χ0v) is 21.9. The van der Waals surface area contributed by atoms with Crippen molar-refractivity contribution in [1.82, 2.24) is 24.8 Å². The van der Waals surface area contributed by atoms with Crippen LogP contribution in [0.4, 0.5) is 18.9 Å². The maximum atomic E-state index is 14.2. The van der Waals surface area contributed by atoms with Crippen LogP contribution in [0.1, 0.15) is 77.7 Å². The number of anilines is 1. The van der Waals surface area contributed by atoms with Gasteiger partial charge in [0.2, 0.25) is 0 Å². The lowest BCUT2D eigenvalue weighted by Crippen LogP contribution is -2.38. The molecule has 1 saturated carbocycles. The molecule has 0 atom stereocenters. The summed E-state index contributed by atoms with van der Waals surface area (Å²) in [5, 5.41) is 0. The van der Waals surface area contributed by atoms with Crippen LogP contribution < -0.4 is 10.5 Å². The Bertz CT molecular complexity index is 1370. The van der Waals surface area contributed by atoms with Crippen LogP contribution in [-0.2, 0) is 6.18 Å². The molecule has 3 aliphatic rings. The Hall–Kier alpha value is -3.34. The molecule has 0 radical (unpaired) electrons. The number of aromatic amines is 1. The molecule has 0 unspecified atom stereocenters. The molecule has 2 aliphatic heterocycles. The molecule has 1 aliphatic carbocycles. The topological polar surface area (TPSA) is 100 Å². The van der Waals surface area contributed by atoms with Gasteiger partial charge in [0.1, 0.15) is 11.6 Å². The van der Waals surface area contributed by atoms with Crippen LogP contribution in [0, 0.1) is 0 Å². The largest absolute Gasteiger partial charge is 0.490 e. The van der Waals surface area contributed by atoms with Gasteiger partial charge in [-0.25, -0.2) is 9.97 Å². The molecule has 39 heavy (non-hydrogen) atoms. The summed E-state index contributed by atoms with van der Waals surface area (Å²) in [6.07, 6.45) is 1.24. The first-order valence-electron chi connectivity index (χ1n) is 13.7. The summed E-state index contributed by atoms with van der Waals surface area (Å²) < 4.78 is 48.2. The molecule has 0 spiro atoms. The fourth-order valence-electron chi connectivity index (χ4n) is 5.85. The molecule has 8 nitrogen and oxygen atoms in total. The van der Waals surface area contributed by atoms with E-state index in [9.17, 15) is 18.0 Å². The number of likely N-dealkylation sites (tertiary alicyclic amines) is 2.